The molecule has 0 aliphatic rings. The summed E-state index contributed by atoms with van der Waals surface area (Å²) in [7, 11) is 0. The predicted molar refractivity (Wildman–Crippen MR) is 341 cm³/mol. The van der Waals surface area contributed by atoms with Crippen molar-refractivity contribution in [2.24, 2.45) is 0 Å². The molecule has 84 heavy (non-hydrogen) atoms. The van der Waals surface area contributed by atoms with E-state index in [1.807, 2.05) is 48.5 Å². The van der Waals surface area contributed by atoms with Gasteiger partial charge >= 0.3 is 0 Å². The molecule has 16 aromatic rings. The molecule has 0 aliphatic carbocycles. The molecule has 0 bridgehead atoms. The number of hydrogen-bond donors (Lipinski definition) is 0. The number of para-hydroxylation sites is 4. The van der Waals surface area contributed by atoms with E-state index in [4.69, 9.17) is 0 Å². The monoisotopic (exact) mass is 1070 g/mol. The van der Waals surface area contributed by atoms with Gasteiger partial charge in [0.05, 0.1) is 89.1 Å². The summed E-state index contributed by atoms with van der Waals surface area (Å²) in [5, 5.41) is 57.5. The van der Waals surface area contributed by atoms with Gasteiger partial charge in [0.15, 0.2) is 0 Å². The lowest BCUT2D eigenvalue weighted by molar-refractivity contribution is 0.525. The highest BCUT2D eigenvalue weighted by Crippen LogP contribution is 2.46. The molecule has 0 amide bonds. The first kappa shape index (κ1) is 48.2. The molecule has 4 aromatic heterocycles. The maximum atomic E-state index is 11.2. The Balaban J connectivity index is 0.872. The van der Waals surface area contributed by atoms with Crippen LogP contribution in [0.2, 0.25) is 0 Å². The molecule has 4 heterocycles. The Kier molecular flexibility index (Phi) is 10.4. The summed E-state index contributed by atoms with van der Waals surface area (Å²) >= 11 is 0. The van der Waals surface area contributed by atoms with E-state index in [2.05, 4.69) is 226 Å². The summed E-state index contributed by atoms with van der Waals surface area (Å²) in [6, 6.07) is 89.5. The quantitative estimate of drug-likeness (QED) is 0.158. The van der Waals surface area contributed by atoms with Crippen molar-refractivity contribution in [3.63, 3.8) is 0 Å². The third-order valence-electron chi connectivity index (χ3n) is 17.7. The normalized spacial score (nSPS) is 11.9. The zero-order valence-electron chi connectivity index (χ0n) is 45.7. The molecule has 0 atom stereocenters. The predicted octanol–water partition coefficient (Wildman–Crippen LogP) is 18.4. The van der Waals surface area contributed by atoms with Gasteiger partial charge < -0.3 is 18.3 Å². The summed E-state index contributed by atoms with van der Waals surface area (Å²) in [4.78, 5) is 0. The molecular weight excluding hydrogens is 1020 g/mol. The van der Waals surface area contributed by atoms with Crippen molar-refractivity contribution in [1.29, 1.82) is 21.0 Å². The number of aromatic nitrogens is 4. The first-order valence-corrected chi connectivity index (χ1v) is 28.1. The van der Waals surface area contributed by atoms with Crippen LogP contribution in [0.5, 0.6) is 0 Å². The van der Waals surface area contributed by atoms with E-state index in [1.165, 1.54) is 0 Å². The number of nitriles is 4. The Labute approximate surface area is 482 Å². The van der Waals surface area contributed by atoms with E-state index >= 15 is 0 Å². The summed E-state index contributed by atoms with van der Waals surface area (Å²) in [6.45, 7) is 4.61. The molecular formula is C76H46N8. The molecule has 8 nitrogen and oxygen atoms in total. The number of benzene rings is 12. The lowest BCUT2D eigenvalue weighted by atomic mass is 9.78. The van der Waals surface area contributed by atoms with Crippen LogP contribution >= 0.6 is 0 Å². The largest absolute Gasteiger partial charge is 0.308 e. The molecule has 16 rings (SSSR count). The molecule has 0 fully saturated rings. The van der Waals surface area contributed by atoms with Crippen LogP contribution in [0.3, 0.4) is 0 Å². The fourth-order valence-corrected chi connectivity index (χ4v) is 14.0. The number of fused-ring (bicyclic) bond motifs is 16. The van der Waals surface area contributed by atoms with Gasteiger partial charge in [-0.3, -0.25) is 0 Å². The van der Waals surface area contributed by atoms with E-state index in [9.17, 15) is 21.0 Å². The molecule has 0 unspecified atom stereocenters. The summed E-state index contributed by atoms with van der Waals surface area (Å²) in [5.41, 5.74) is 13.8. The number of hydrogen-bond acceptors (Lipinski definition) is 4. The molecule has 0 aliphatic heterocycles. The Hall–Kier alpha value is -11.7. The molecule has 0 N–H and O–H groups in total. The average Bonchev–Trinajstić information content (AvgIpc) is 1.88. The Bertz CT molecular complexity index is 5700. The van der Waals surface area contributed by atoms with Gasteiger partial charge in [0.25, 0.3) is 0 Å². The van der Waals surface area contributed by atoms with Crippen molar-refractivity contribution in [2.75, 3.05) is 0 Å². The van der Waals surface area contributed by atoms with Crippen molar-refractivity contribution >= 4 is 109 Å². The molecule has 0 saturated carbocycles. The third-order valence-corrected chi connectivity index (χ3v) is 17.7. The maximum Gasteiger partial charge on any atom is 0.101 e. The standard InChI is InChI=1S/C76H46N8/c1-76(2,53-34-37-65-60(40-53)73-55-20-6-4-17-47(55)33-36-68(73)84(65)75-50(43-78)31-30-49(42-77)74(75)83-61-25-11-7-21-56(61)57-22-8-12-26-62(57)83)41-48-18-15-29-66-71(48)58-23-9-13-27-63(58)81(66)69-38-52(45-80)70(39-51(69)44-79)82-64-28-14-10-24-59(64)72-54-19-5-3-16-46(54)32-35-67(72)82/h3-40H,41H2,1-2H3. The van der Waals surface area contributed by atoms with E-state index in [1.54, 1.807) is 12.1 Å². The number of rotatable bonds is 7. The molecule has 0 spiro atoms. The molecule has 390 valence electrons. The minimum atomic E-state index is -0.432. The van der Waals surface area contributed by atoms with E-state index < -0.39 is 5.41 Å². The second kappa shape index (κ2) is 18.2. The summed E-state index contributed by atoms with van der Waals surface area (Å²) in [6.07, 6.45) is 0.667. The highest BCUT2D eigenvalue weighted by Gasteiger charge is 2.30. The van der Waals surface area contributed by atoms with E-state index in [-0.39, 0.29) is 0 Å². The van der Waals surface area contributed by atoms with Gasteiger partial charge in [0, 0.05) is 43.1 Å². The fourth-order valence-electron chi connectivity index (χ4n) is 14.0. The van der Waals surface area contributed by atoms with E-state index in [0.29, 0.717) is 51.4 Å². The lowest BCUT2D eigenvalue weighted by Gasteiger charge is -2.26. The van der Waals surface area contributed by atoms with E-state index in [0.717, 1.165) is 120 Å². The Morgan fingerprint density at radius 1 is 0.310 bits per heavy atom. The third kappa shape index (κ3) is 6.78. The van der Waals surface area contributed by atoms with Gasteiger partial charge in [-0.2, -0.15) is 21.0 Å². The second-order valence-corrected chi connectivity index (χ2v) is 22.6. The Morgan fingerprint density at radius 3 is 1.21 bits per heavy atom. The maximum absolute atomic E-state index is 11.2. The van der Waals surface area contributed by atoms with Crippen molar-refractivity contribution < 1.29 is 0 Å². The van der Waals surface area contributed by atoms with Crippen molar-refractivity contribution in [2.45, 2.75) is 25.7 Å². The average molecular weight is 1070 g/mol. The van der Waals surface area contributed by atoms with Crippen LogP contribution in [0, 0.1) is 45.3 Å². The van der Waals surface area contributed by atoms with Gasteiger partial charge in [-0.25, -0.2) is 0 Å². The zero-order chi connectivity index (χ0) is 56.5. The first-order valence-electron chi connectivity index (χ1n) is 28.1. The van der Waals surface area contributed by atoms with Crippen LogP contribution in [0.1, 0.15) is 47.2 Å². The molecule has 12 aromatic carbocycles. The van der Waals surface area contributed by atoms with Crippen LogP contribution in [0.4, 0.5) is 0 Å². The first-order chi connectivity index (χ1) is 41.3. The van der Waals surface area contributed by atoms with Gasteiger partial charge in [-0.05, 0) is 123 Å². The van der Waals surface area contributed by atoms with Gasteiger partial charge in [-0.1, -0.05) is 166 Å². The topological polar surface area (TPSA) is 115 Å². The van der Waals surface area contributed by atoms with Crippen LogP contribution in [0.15, 0.2) is 231 Å². The van der Waals surface area contributed by atoms with Gasteiger partial charge in [0.2, 0.25) is 0 Å². The SMILES string of the molecule is CC(C)(Cc1cccc2c1c1ccccc1n2-c1cc(C#N)c(-n2c3ccccc3c3c4ccccc4ccc32)cc1C#N)c1ccc2c(c1)c1c3ccccc3ccc1n2-c1c(C#N)ccc(C#N)c1-n1c2ccccc2c2ccccc21. The van der Waals surface area contributed by atoms with Crippen LogP contribution in [-0.4, -0.2) is 18.3 Å². The summed E-state index contributed by atoms with van der Waals surface area (Å²) < 4.78 is 8.69. The highest BCUT2D eigenvalue weighted by molar-refractivity contribution is 6.23. The number of nitrogens with zero attached hydrogens (tertiary/aromatic N) is 8. The Morgan fingerprint density at radius 2 is 0.690 bits per heavy atom. The molecule has 0 radical (unpaired) electrons. The smallest absolute Gasteiger partial charge is 0.101 e. The van der Waals surface area contributed by atoms with Crippen molar-refractivity contribution in [3.05, 3.63) is 264 Å². The summed E-state index contributed by atoms with van der Waals surface area (Å²) in [5.74, 6) is 0. The molecule has 0 saturated heterocycles. The van der Waals surface area contributed by atoms with Crippen molar-refractivity contribution in [1.82, 2.24) is 18.3 Å². The minimum Gasteiger partial charge on any atom is -0.308 e. The highest BCUT2D eigenvalue weighted by atomic mass is 15.1. The zero-order valence-corrected chi connectivity index (χ0v) is 45.7. The van der Waals surface area contributed by atoms with Crippen LogP contribution in [0.25, 0.3) is 132 Å². The van der Waals surface area contributed by atoms with Crippen LogP contribution < -0.4 is 0 Å². The fraction of sp³-hybridized carbons (Fsp3) is 0.0526. The minimum absolute atomic E-state index is 0.432. The lowest BCUT2D eigenvalue weighted by Crippen LogP contribution is -2.20. The molecule has 8 heteroatoms. The van der Waals surface area contributed by atoms with Gasteiger partial charge in [0.1, 0.15) is 24.3 Å². The second-order valence-electron chi connectivity index (χ2n) is 22.6. The van der Waals surface area contributed by atoms with Crippen molar-refractivity contribution in [3.8, 4) is 47.0 Å². The van der Waals surface area contributed by atoms with Gasteiger partial charge in [-0.15, -0.1) is 0 Å². The van der Waals surface area contributed by atoms with Crippen LogP contribution in [-0.2, 0) is 11.8 Å².